The van der Waals surface area contributed by atoms with Crippen LogP contribution in [0.2, 0.25) is 10.0 Å². The van der Waals surface area contributed by atoms with Crippen molar-refractivity contribution in [3.63, 3.8) is 0 Å². The first-order chi connectivity index (χ1) is 18.7. The Kier molecular flexibility index (Phi) is 7.36. The molecule has 1 unspecified atom stereocenters. The van der Waals surface area contributed by atoms with E-state index in [9.17, 15) is 19.2 Å². The monoisotopic (exact) mass is 563 g/mol. The smallest absolute Gasteiger partial charge is 0.325 e. The highest BCUT2D eigenvalue weighted by atomic mass is 35.5. The van der Waals surface area contributed by atoms with Crippen molar-refractivity contribution >= 4 is 46.5 Å². The number of benzene rings is 2. The van der Waals surface area contributed by atoms with E-state index in [0.29, 0.717) is 29.9 Å². The summed E-state index contributed by atoms with van der Waals surface area (Å²) in [5.74, 6) is -0.309. The summed E-state index contributed by atoms with van der Waals surface area (Å²) in [6.07, 6.45) is 4.05. The SMILES string of the molecule is Cn1c(=O)c(-c2cccc(Cl)c2Cl)cn(CC(=O)Nc2ccc3c(c2)CC(C(=O)Nc2ccccn2)C3)c1=O. The summed E-state index contributed by atoms with van der Waals surface area (Å²) in [6.45, 7) is -0.329. The third-order valence-corrected chi connectivity index (χ3v) is 7.44. The zero-order chi connectivity index (χ0) is 27.7. The van der Waals surface area contributed by atoms with Gasteiger partial charge in [0.2, 0.25) is 11.8 Å². The Balaban J connectivity index is 1.30. The minimum Gasteiger partial charge on any atom is -0.325 e. The molecule has 0 spiro atoms. The van der Waals surface area contributed by atoms with Gasteiger partial charge in [-0.3, -0.25) is 23.5 Å². The van der Waals surface area contributed by atoms with Crippen LogP contribution in [0.1, 0.15) is 11.1 Å². The van der Waals surface area contributed by atoms with Crippen molar-refractivity contribution in [2.24, 2.45) is 13.0 Å². The van der Waals surface area contributed by atoms with Crippen LogP contribution in [0.3, 0.4) is 0 Å². The maximum Gasteiger partial charge on any atom is 0.331 e. The third kappa shape index (κ3) is 5.50. The Morgan fingerprint density at radius 3 is 2.54 bits per heavy atom. The van der Waals surface area contributed by atoms with E-state index in [4.69, 9.17) is 23.2 Å². The second kappa shape index (κ2) is 10.9. The molecule has 39 heavy (non-hydrogen) atoms. The summed E-state index contributed by atoms with van der Waals surface area (Å²) in [6, 6.07) is 15.6. The summed E-state index contributed by atoms with van der Waals surface area (Å²) in [4.78, 5) is 55.3. The Morgan fingerprint density at radius 1 is 0.974 bits per heavy atom. The molecule has 2 aromatic heterocycles. The molecule has 0 saturated heterocycles. The van der Waals surface area contributed by atoms with Crippen molar-refractivity contribution in [2.75, 3.05) is 10.6 Å². The van der Waals surface area contributed by atoms with Crippen molar-refractivity contribution in [2.45, 2.75) is 19.4 Å². The van der Waals surface area contributed by atoms with Gasteiger partial charge in [-0.15, -0.1) is 0 Å². The number of pyridine rings is 1. The Hall–Kier alpha value is -4.21. The van der Waals surface area contributed by atoms with Gasteiger partial charge < -0.3 is 10.6 Å². The van der Waals surface area contributed by atoms with Crippen molar-refractivity contribution in [1.82, 2.24) is 14.1 Å². The van der Waals surface area contributed by atoms with Gasteiger partial charge in [0.1, 0.15) is 12.4 Å². The van der Waals surface area contributed by atoms with Gasteiger partial charge in [0.15, 0.2) is 0 Å². The van der Waals surface area contributed by atoms with Gasteiger partial charge >= 0.3 is 5.69 Å². The lowest BCUT2D eigenvalue weighted by Crippen LogP contribution is -2.40. The lowest BCUT2D eigenvalue weighted by atomic mass is 10.1. The molecule has 0 aliphatic heterocycles. The number of nitrogens with zero attached hydrogens (tertiary/aromatic N) is 3. The van der Waals surface area contributed by atoms with E-state index >= 15 is 0 Å². The molecule has 9 nitrogen and oxygen atoms in total. The number of carbonyl (C=O) groups is 2. The maximum absolute atomic E-state index is 12.9. The Labute approximate surface area is 233 Å². The quantitative estimate of drug-likeness (QED) is 0.369. The average molecular weight is 564 g/mol. The highest BCUT2D eigenvalue weighted by Gasteiger charge is 2.28. The van der Waals surface area contributed by atoms with E-state index in [2.05, 4.69) is 15.6 Å². The van der Waals surface area contributed by atoms with Crippen LogP contribution >= 0.6 is 23.2 Å². The van der Waals surface area contributed by atoms with E-state index in [-0.39, 0.29) is 34.0 Å². The minimum atomic E-state index is -0.646. The number of rotatable bonds is 6. The van der Waals surface area contributed by atoms with Crippen molar-refractivity contribution in [3.8, 4) is 11.1 Å². The molecule has 1 atom stereocenters. The van der Waals surface area contributed by atoms with Crippen LogP contribution in [0.15, 0.2) is 76.6 Å². The number of hydrogen-bond donors (Lipinski definition) is 2. The molecule has 0 fully saturated rings. The molecular weight excluding hydrogens is 541 g/mol. The molecule has 2 heterocycles. The van der Waals surface area contributed by atoms with Crippen molar-refractivity contribution < 1.29 is 9.59 Å². The molecule has 4 aromatic rings. The zero-order valence-electron chi connectivity index (χ0n) is 20.8. The molecule has 198 valence electrons. The number of aromatic nitrogens is 3. The molecule has 2 amide bonds. The molecule has 11 heteroatoms. The topological polar surface area (TPSA) is 115 Å². The van der Waals surface area contributed by atoms with Crippen LogP contribution in [0.25, 0.3) is 11.1 Å². The summed E-state index contributed by atoms with van der Waals surface area (Å²) >= 11 is 12.4. The summed E-state index contributed by atoms with van der Waals surface area (Å²) in [5.41, 5.74) is 1.84. The normalized spacial score (nSPS) is 14.1. The van der Waals surface area contributed by atoms with E-state index in [1.54, 1.807) is 48.7 Å². The van der Waals surface area contributed by atoms with Gasteiger partial charge in [0.05, 0.1) is 15.6 Å². The highest BCUT2D eigenvalue weighted by molar-refractivity contribution is 6.43. The summed E-state index contributed by atoms with van der Waals surface area (Å²) in [5, 5.41) is 6.08. The van der Waals surface area contributed by atoms with Crippen LogP contribution in [0, 0.1) is 5.92 Å². The number of anilines is 2. The lowest BCUT2D eigenvalue weighted by Gasteiger charge is -2.13. The molecule has 2 N–H and O–H groups in total. The van der Waals surface area contributed by atoms with Crippen molar-refractivity contribution in [3.05, 3.63) is 109 Å². The molecule has 5 rings (SSSR count). The molecule has 1 aliphatic rings. The number of carbonyl (C=O) groups excluding carboxylic acids is 2. The van der Waals surface area contributed by atoms with Gasteiger partial charge in [-0.1, -0.05) is 47.5 Å². The molecule has 0 radical (unpaired) electrons. The first-order valence-electron chi connectivity index (χ1n) is 12.1. The van der Waals surface area contributed by atoms with Gasteiger partial charge in [-0.05, 0) is 54.3 Å². The van der Waals surface area contributed by atoms with Gasteiger partial charge in [-0.25, -0.2) is 9.78 Å². The first-order valence-corrected chi connectivity index (χ1v) is 12.8. The number of halogens is 2. The maximum atomic E-state index is 12.9. The second-order valence-electron chi connectivity index (χ2n) is 9.26. The number of hydrogen-bond acceptors (Lipinski definition) is 5. The summed E-state index contributed by atoms with van der Waals surface area (Å²) in [7, 11) is 1.34. The number of amides is 2. The molecule has 0 saturated carbocycles. The van der Waals surface area contributed by atoms with Crippen LogP contribution in [-0.2, 0) is 36.0 Å². The predicted octanol–water partition coefficient (Wildman–Crippen LogP) is 3.91. The molecule has 2 aromatic carbocycles. The molecule has 1 aliphatic carbocycles. The van der Waals surface area contributed by atoms with Gasteiger partial charge in [0.25, 0.3) is 5.56 Å². The van der Waals surface area contributed by atoms with Gasteiger partial charge in [-0.2, -0.15) is 0 Å². The largest absolute Gasteiger partial charge is 0.331 e. The predicted molar refractivity (Wildman–Crippen MR) is 150 cm³/mol. The second-order valence-corrected chi connectivity index (χ2v) is 10.0. The zero-order valence-corrected chi connectivity index (χ0v) is 22.3. The number of nitrogens with one attached hydrogen (secondary N) is 2. The lowest BCUT2D eigenvalue weighted by molar-refractivity contribution is -0.119. The van der Waals surface area contributed by atoms with E-state index in [1.807, 2.05) is 12.1 Å². The highest BCUT2D eigenvalue weighted by Crippen LogP contribution is 2.32. The minimum absolute atomic E-state index is 0.111. The first kappa shape index (κ1) is 26.4. The Bertz CT molecular complexity index is 1720. The van der Waals surface area contributed by atoms with E-state index in [1.165, 1.54) is 13.2 Å². The molecule has 0 bridgehead atoms. The van der Waals surface area contributed by atoms with Crippen LogP contribution in [-0.4, -0.2) is 25.9 Å². The van der Waals surface area contributed by atoms with Crippen LogP contribution < -0.4 is 21.9 Å². The fourth-order valence-electron chi connectivity index (χ4n) is 4.64. The standard InChI is InChI=1S/C28H23Cl2N5O4/c1-34-27(38)21(20-5-4-6-22(29)25(20)30)14-35(28(34)39)15-24(36)32-19-9-8-16-11-18(12-17(16)13-19)26(37)33-23-7-2-3-10-31-23/h2-10,13-14,18H,11-12,15H2,1H3,(H,32,36)(H,31,33,37). The molecular formula is C28H23Cl2N5O4. The van der Waals surface area contributed by atoms with E-state index < -0.39 is 17.2 Å². The summed E-state index contributed by atoms with van der Waals surface area (Å²) < 4.78 is 2.07. The fraction of sp³-hybridized carbons (Fsp3) is 0.179. The van der Waals surface area contributed by atoms with Gasteiger partial charge in [0, 0.05) is 36.6 Å². The number of fused-ring (bicyclic) bond motifs is 1. The Morgan fingerprint density at radius 2 is 1.77 bits per heavy atom. The van der Waals surface area contributed by atoms with E-state index in [0.717, 1.165) is 20.3 Å². The van der Waals surface area contributed by atoms with Crippen molar-refractivity contribution in [1.29, 1.82) is 0 Å². The fourth-order valence-corrected chi connectivity index (χ4v) is 5.04. The third-order valence-electron chi connectivity index (χ3n) is 6.62. The van der Waals surface area contributed by atoms with Crippen LogP contribution in [0.5, 0.6) is 0 Å². The van der Waals surface area contributed by atoms with Crippen LogP contribution in [0.4, 0.5) is 11.5 Å². The average Bonchev–Trinajstić information content (AvgIpc) is 3.35.